The fourth-order valence-electron chi connectivity index (χ4n) is 2.72. The highest BCUT2D eigenvalue weighted by molar-refractivity contribution is 7.64. The van der Waals surface area contributed by atoms with Crippen molar-refractivity contribution in [2.24, 2.45) is 0 Å². The van der Waals surface area contributed by atoms with E-state index in [9.17, 15) is 14.5 Å². The fourth-order valence-corrected chi connectivity index (χ4v) is 5.36. The first kappa shape index (κ1) is 17.0. The molecule has 1 heterocycles. The topological polar surface area (TPSA) is 78.9 Å². The summed E-state index contributed by atoms with van der Waals surface area (Å²) in [5, 5.41) is 11.8. The normalized spacial score (nSPS) is 27.9. The van der Waals surface area contributed by atoms with Gasteiger partial charge in [-0.3, -0.25) is 4.57 Å². The highest BCUT2D eigenvalue weighted by Gasteiger charge is 2.42. The standard InChI is InChI=1S/C15H22NO5P/c1-11-5-4-10-21-22(19,16(11)12(2)15(17)18)14-8-6-13(20-3)7-9-14/h6-9,11-12H,4-5,10H2,1-3H3,(H,17,18)/p-1. The Morgan fingerprint density at radius 3 is 2.64 bits per heavy atom. The van der Waals surface area contributed by atoms with Crippen LogP contribution in [0.15, 0.2) is 24.3 Å². The summed E-state index contributed by atoms with van der Waals surface area (Å²) in [5.74, 6) is -0.621. The minimum Gasteiger partial charge on any atom is -0.548 e. The van der Waals surface area contributed by atoms with Crippen LogP contribution in [0.25, 0.3) is 0 Å². The molecular weight excluding hydrogens is 305 g/mol. The van der Waals surface area contributed by atoms with Crippen molar-refractivity contribution in [3.8, 4) is 5.75 Å². The van der Waals surface area contributed by atoms with Gasteiger partial charge in [-0.15, -0.1) is 0 Å². The maximum Gasteiger partial charge on any atom is 0.303 e. The molecule has 1 aliphatic heterocycles. The van der Waals surface area contributed by atoms with E-state index in [1.807, 2.05) is 6.92 Å². The van der Waals surface area contributed by atoms with E-state index in [1.165, 1.54) is 11.6 Å². The quantitative estimate of drug-likeness (QED) is 0.773. The van der Waals surface area contributed by atoms with Crippen LogP contribution in [0.5, 0.6) is 5.75 Å². The molecule has 1 aromatic rings. The first-order valence-corrected chi connectivity index (χ1v) is 8.86. The Bertz CT molecular complexity index is 574. The molecule has 0 radical (unpaired) electrons. The third kappa shape index (κ3) is 3.19. The number of carbonyl (C=O) groups is 1. The summed E-state index contributed by atoms with van der Waals surface area (Å²) in [6.45, 7) is 3.69. The minimum atomic E-state index is -3.46. The number of benzene rings is 1. The van der Waals surface area contributed by atoms with E-state index in [0.29, 0.717) is 17.7 Å². The van der Waals surface area contributed by atoms with Gasteiger partial charge in [0.1, 0.15) is 5.75 Å². The van der Waals surface area contributed by atoms with Crippen LogP contribution in [0.2, 0.25) is 0 Å². The molecule has 0 amide bonds. The smallest absolute Gasteiger partial charge is 0.303 e. The zero-order chi connectivity index (χ0) is 16.3. The fraction of sp³-hybridized carbons (Fsp3) is 0.533. The molecule has 0 bridgehead atoms. The highest BCUT2D eigenvalue weighted by Crippen LogP contribution is 2.54. The van der Waals surface area contributed by atoms with Crippen LogP contribution in [-0.2, 0) is 13.9 Å². The zero-order valence-electron chi connectivity index (χ0n) is 13.0. The Balaban J connectivity index is 2.48. The molecule has 0 saturated carbocycles. The van der Waals surface area contributed by atoms with Crippen molar-refractivity contribution in [3.05, 3.63) is 24.3 Å². The van der Waals surface area contributed by atoms with Gasteiger partial charge in [-0.25, -0.2) is 4.67 Å². The Kier molecular flexibility index (Phi) is 5.27. The van der Waals surface area contributed by atoms with Crippen LogP contribution in [-0.4, -0.2) is 36.4 Å². The van der Waals surface area contributed by atoms with Crippen molar-refractivity contribution in [2.45, 2.75) is 38.8 Å². The summed E-state index contributed by atoms with van der Waals surface area (Å²) in [4.78, 5) is 11.3. The number of rotatable bonds is 4. The van der Waals surface area contributed by atoms with Crippen molar-refractivity contribution in [3.63, 3.8) is 0 Å². The number of carboxylic acid groups (broad SMARTS) is 1. The van der Waals surface area contributed by atoms with E-state index < -0.39 is 19.5 Å². The predicted octanol–water partition coefficient (Wildman–Crippen LogP) is 1.15. The molecule has 22 heavy (non-hydrogen) atoms. The van der Waals surface area contributed by atoms with E-state index in [0.717, 1.165) is 12.8 Å². The van der Waals surface area contributed by atoms with Crippen molar-refractivity contribution < 1.29 is 23.7 Å². The Morgan fingerprint density at radius 2 is 2.09 bits per heavy atom. The lowest BCUT2D eigenvalue weighted by Crippen LogP contribution is -2.49. The number of carbonyl (C=O) groups excluding carboxylic acids is 1. The number of ether oxygens (including phenoxy) is 1. The monoisotopic (exact) mass is 326 g/mol. The molecular formula is C15H21NO5P-. The zero-order valence-corrected chi connectivity index (χ0v) is 13.9. The van der Waals surface area contributed by atoms with Crippen LogP contribution in [0.3, 0.4) is 0 Å². The molecule has 7 heteroatoms. The lowest BCUT2D eigenvalue weighted by Gasteiger charge is -2.38. The van der Waals surface area contributed by atoms with Gasteiger partial charge < -0.3 is 19.2 Å². The van der Waals surface area contributed by atoms with Gasteiger partial charge in [0.25, 0.3) is 0 Å². The van der Waals surface area contributed by atoms with Gasteiger partial charge in [-0.2, -0.15) is 0 Å². The number of aliphatic carboxylic acids is 1. The Morgan fingerprint density at radius 1 is 1.45 bits per heavy atom. The molecule has 3 unspecified atom stereocenters. The predicted molar refractivity (Wildman–Crippen MR) is 81.2 cm³/mol. The van der Waals surface area contributed by atoms with Crippen LogP contribution in [0.1, 0.15) is 26.7 Å². The SMILES string of the molecule is COc1ccc(P2(=O)OCCCC(C)N2C(C)C(=O)[O-])cc1. The third-order valence-corrected chi connectivity index (χ3v) is 6.76. The lowest BCUT2D eigenvalue weighted by atomic mass is 10.1. The summed E-state index contributed by atoms with van der Waals surface area (Å²) >= 11 is 0. The van der Waals surface area contributed by atoms with E-state index >= 15 is 0 Å². The average molecular weight is 326 g/mol. The molecule has 0 aliphatic carbocycles. The van der Waals surface area contributed by atoms with Gasteiger partial charge in [0.2, 0.25) is 0 Å². The van der Waals surface area contributed by atoms with E-state index in [2.05, 4.69) is 0 Å². The molecule has 6 nitrogen and oxygen atoms in total. The lowest BCUT2D eigenvalue weighted by molar-refractivity contribution is -0.310. The maximum atomic E-state index is 13.5. The summed E-state index contributed by atoms with van der Waals surface area (Å²) in [7, 11) is -1.91. The van der Waals surface area contributed by atoms with Gasteiger partial charge in [0.15, 0.2) is 0 Å². The molecule has 0 spiro atoms. The molecule has 122 valence electrons. The number of hydrogen-bond donors (Lipinski definition) is 0. The van der Waals surface area contributed by atoms with Crippen molar-refractivity contribution in [1.82, 2.24) is 4.67 Å². The number of methoxy groups -OCH3 is 1. The van der Waals surface area contributed by atoms with E-state index in [4.69, 9.17) is 9.26 Å². The molecule has 1 aromatic carbocycles. The molecule has 0 N–H and O–H groups in total. The molecule has 1 fully saturated rings. The summed E-state index contributed by atoms with van der Waals surface area (Å²) in [6.07, 6.45) is 1.45. The molecule has 0 aromatic heterocycles. The average Bonchev–Trinajstić information content (AvgIpc) is 2.66. The van der Waals surface area contributed by atoms with Gasteiger partial charge in [-0.05, 0) is 51.0 Å². The van der Waals surface area contributed by atoms with Gasteiger partial charge >= 0.3 is 7.52 Å². The minimum absolute atomic E-state index is 0.177. The van der Waals surface area contributed by atoms with Crippen molar-refractivity contribution >= 4 is 18.8 Å². The maximum absolute atomic E-state index is 13.5. The van der Waals surface area contributed by atoms with Crippen LogP contribution in [0.4, 0.5) is 0 Å². The largest absolute Gasteiger partial charge is 0.548 e. The van der Waals surface area contributed by atoms with Crippen LogP contribution < -0.4 is 15.1 Å². The van der Waals surface area contributed by atoms with Crippen LogP contribution >= 0.6 is 7.52 Å². The van der Waals surface area contributed by atoms with Gasteiger partial charge in [0, 0.05) is 6.04 Å². The number of hydrogen-bond acceptors (Lipinski definition) is 5. The summed E-state index contributed by atoms with van der Waals surface area (Å²) < 4.78 is 25.7. The summed E-state index contributed by atoms with van der Waals surface area (Å²) in [6, 6.07) is 5.52. The second kappa shape index (κ2) is 6.82. The highest BCUT2D eigenvalue weighted by atomic mass is 31.2. The van der Waals surface area contributed by atoms with Gasteiger partial charge in [-0.1, -0.05) is 0 Å². The number of carboxylic acids is 1. The van der Waals surface area contributed by atoms with E-state index in [-0.39, 0.29) is 6.04 Å². The van der Waals surface area contributed by atoms with Crippen molar-refractivity contribution in [2.75, 3.05) is 13.7 Å². The molecule has 2 rings (SSSR count). The Hall–Kier alpha value is -1.36. The Labute approximate surface area is 130 Å². The van der Waals surface area contributed by atoms with Crippen LogP contribution in [0, 0.1) is 0 Å². The molecule has 3 atom stereocenters. The van der Waals surface area contributed by atoms with Crippen molar-refractivity contribution in [1.29, 1.82) is 0 Å². The molecule has 1 saturated heterocycles. The summed E-state index contributed by atoms with van der Waals surface area (Å²) in [5.41, 5.74) is 0. The third-order valence-electron chi connectivity index (χ3n) is 3.92. The molecule has 1 aliphatic rings. The van der Waals surface area contributed by atoms with Gasteiger partial charge in [0.05, 0.1) is 31.0 Å². The second-order valence-corrected chi connectivity index (χ2v) is 7.70. The second-order valence-electron chi connectivity index (χ2n) is 5.42. The first-order chi connectivity index (χ1) is 10.4. The van der Waals surface area contributed by atoms with E-state index in [1.54, 1.807) is 31.4 Å². The first-order valence-electron chi connectivity index (χ1n) is 7.29. The number of nitrogens with zero attached hydrogens (tertiary/aromatic N) is 1.